The van der Waals surface area contributed by atoms with Crippen LogP contribution in [0.3, 0.4) is 0 Å². The molecule has 31 heavy (non-hydrogen) atoms. The number of nitrogens with one attached hydrogen (secondary N) is 1. The van der Waals surface area contributed by atoms with Gasteiger partial charge in [-0.25, -0.2) is 0 Å². The van der Waals surface area contributed by atoms with Crippen molar-refractivity contribution < 1.29 is 14.3 Å². The summed E-state index contributed by atoms with van der Waals surface area (Å²) in [4.78, 5) is 32.3. The minimum absolute atomic E-state index is 0.144. The van der Waals surface area contributed by atoms with Crippen LogP contribution in [-0.2, 0) is 14.3 Å². The summed E-state index contributed by atoms with van der Waals surface area (Å²) in [6.45, 7) is 6.00. The van der Waals surface area contributed by atoms with E-state index in [4.69, 9.17) is 4.74 Å². The van der Waals surface area contributed by atoms with Crippen LogP contribution < -0.4 is 5.32 Å². The standard InChI is InChI=1S/C25H24N2O3S/c1-13-9-11-31-23(13)20-18-14-6-5-10-26-15(14)7-8-16(18)27-17-12-25(2,3)21(24(29)30-4)22(28)19(17)20/h5-11,20-21,27H,12H2,1-4H3/t20-,21-/m1/s1. The second-order valence-electron chi connectivity index (χ2n) is 9.00. The van der Waals surface area contributed by atoms with Crippen LogP contribution in [0.5, 0.6) is 0 Å². The van der Waals surface area contributed by atoms with E-state index in [0.717, 1.165) is 38.3 Å². The molecule has 1 N–H and O–H groups in total. The molecule has 0 unspecified atom stereocenters. The van der Waals surface area contributed by atoms with E-state index in [1.54, 1.807) is 17.5 Å². The van der Waals surface area contributed by atoms with Crippen LogP contribution in [0.4, 0.5) is 5.69 Å². The molecule has 0 saturated heterocycles. The van der Waals surface area contributed by atoms with Gasteiger partial charge in [0.15, 0.2) is 5.78 Å². The lowest BCUT2D eigenvalue weighted by Gasteiger charge is -2.43. The highest BCUT2D eigenvalue weighted by atomic mass is 32.1. The zero-order valence-corrected chi connectivity index (χ0v) is 18.8. The number of methoxy groups -OCH3 is 1. The summed E-state index contributed by atoms with van der Waals surface area (Å²) >= 11 is 1.65. The van der Waals surface area contributed by atoms with Crippen molar-refractivity contribution in [2.24, 2.45) is 11.3 Å². The van der Waals surface area contributed by atoms with Crippen molar-refractivity contribution in [1.29, 1.82) is 0 Å². The number of hydrogen-bond acceptors (Lipinski definition) is 6. The molecule has 0 amide bonds. The highest BCUT2D eigenvalue weighted by molar-refractivity contribution is 7.10. The number of carbonyl (C=O) groups excluding carboxylic acids is 2. The minimum atomic E-state index is -0.824. The number of esters is 1. The molecule has 5 rings (SSSR count). The van der Waals surface area contributed by atoms with E-state index in [1.807, 2.05) is 32.0 Å². The van der Waals surface area contributed by atoms with Gasteiger partial charge in [0, 0.05) is 33.4 Å². The Balaban J connectivity index is 1.81. The normalized spacial score (nSPS) is 22.0. The molecule has 3 aromatic rings. The fourth-order valence-corrected chi connectivity index (χ4v) is 6.17. The third-order valence-electron chi connectivity index (χ3n) is 6.56. The van der Waals surface area contributed by atoms with Crippen LogP contribution in [0.2, 0.25) is 0 Å². The molecular formula is C25H24N2O3S. The van der Waals surface area contributed by atoms with Crippen molar-refractivity contribution in [3.63, 3.8) is 0 Å². The third kappa shape index (κ3) is 2.92. The molecule has 2 atom stereocenters. The molecule has 0 spiro atoms. The number of rotatable bonds is 2. The second-order valence-corrected chi connectivity index (χ2v) is 9.95. The first-order valence-electron chi connectivity index (χ1n) is 10.4. The Morgan fingerprint density at radius 3 is 2.77 bits per heavy atom. The number of ether oxygens (including phenoxy) is 1. The van der Waals surface area contributed by atoms with E-state index >= 15 is 0 Å². The number of anilines is 1. The largest absolute Gasteiger partial charge is 0.468 e. The topological polar surface area (TPSA) is 68.3 Å². The molecule has 5 nitrogen and oxygen atoms in total. The fraction of sp³-hybridized carbons (Fsp3) is 0.320. The Labute approximate surface area is 185 Å². The Morgan fingerprint density at radius 1 is 1.26 bits per heavy atom. The van der Waals surface area contributed by atoms with Gasteiger partial charge in [-0.15, -0.1) is 11.3 Å². The molecule has 0 radical (unpaired) electrons. The summed E-state index contributed by atoms with van der Waals surface area (Å²) in [6, 6.07) is 10.1. The van der Waals surface area contributed by atoms with Gasteiger partial charge >= 0.3 is 5.97 Å². The number of hydrogen-bond donors (Lipinski definition) is 1. The number of aromatic nitrogens is 1. The van der Waals surface area contributed by atoms with E-state index in [1.165, 1.54) is 7.11 Å². The average Bonchev–Trinajstić information content (AvgIpc) is 3.16. The smallest absolute Gasteiger partial charge is 0.317 e. The number of pyridine rings is 1. The number of allylic oxidation sites excluding steroid dienone is 2. The SMILES string of the molecule is COC(=O)[C@H]1C(=O)C2=C(CC1(C)C)Nc1ccc3ncccc3c1[C@H]2c1sccc1C. The van der Waals surface area contributed by atoms with Gasteiger partial charge in [-0.1, -0.05) is 19.9 Å². The number of aryl methyl sites for hydroxylation is 1. The molecule has 1 aliphatic heterocycles. The van der Waals surface area contributed by atoms with Gasteiger partial charge in [-0.3, -0.25) is 14.6 Å². The van der Waals surface area contributed by atoms with Crippen LogP contribution in [0.15, 0.2) is 53.2 Å². The lowest BCUT2D eigenvalue weighted by atomic mass is 9.63. The van der Waals surface area contributed by atoms with Gasteiger partial charge in [0.25, 0.3) is 0 Å². The van der Waals surface area contributed by atoms with Crippen LogP contribution in [0.1, 0.15) is 42.2 Å². The van der Waals surface area contributed by atoms with Crippen LogP contribution >= 0.6 is 11.3 Å². The maximum absolute atomic E-state index is 13.9. The molecule has 1 aromatic carbocycles. The maximum Gasteiger partial charge on any atom is 0.317 e. The van der Waals surface area contributed by atoms with E-state index in [-0.39, 0.29) is 11.7 Å². The first kappa shape index (κ1) is 19.9. The van der Waals surface area contributed by atoms with Crippen molar-refractivity contribution in [3.05, 3.63) is 69.2 Å². The van der Waals surface area contributed by atoms with Crippen LogP contribution in [0, 0.1) is 18.3 Å². The monoisotopic (exact) mass is 432 g/mol. The fourth-order valence-electron chi connectivity index (χ4n) is 5.13. The van der Waals surface area contributed by atoms with Gasteiger partial charge in [-0.05, 0) is 59.5 Å². The summed E-state index contributed by atoms with van der Waals surface area (Å²) < 4.78 is 5.05. The van der Waals surface area contributed by atoms with Gasteiger partial charge in [0.05, 0.1) is 18.5 Å². The highest BCUT2D eigenvalue weighted by Crippen LogP contribution is 2.53. The van der Waals surface area contributed by atoms with Gasteiger partial charge in [0.1, 0.15) is 5.92 Å². The molecular weight excluding hydrogens is 408 g/mol. The first-order valence-corrected chi connectivity index (χ1v) is 11.2. The lowest BCUT2D eigenvalue weighted by Crippen LogP contribution is -2.45. The third-order valence-corrected chi connectivity index (χ3v) is 7.64. The van der Waals surface area contributed by atoms with E-state index < -0.39 is 17.3 Å². The molecule has 6 heteroatoms. The molecule has 158 valence electrons. The van der Waals surface area contributed by atoms with Crippen molar-refractivity contribution in [2.45, 2.75) is 33.1 Å². The van der Waals surface area contributed by atoms with Crippen LogP contribution in [0.25, 0.3) is 10.9 Å². The molecule has 2 aliphatic rings. The number of fused-ring (bicyclic) bond motifs is 3. The van der Waals surface area contributed by atoms with Crippen molar-refractivity contribution >= 4 is 39.7 Å². The van der Waals surface area contributed by atoms with Gasteiger partial charge in [-0.2, -0.15) is 0 Å². The zero-order chi connectivity index (χ0) is 21.9. The van der Waals surface area contributed by atoms with Gasteiger partial charge < -0.3 is 10.1 Å². The predicted octanol–water partition coefficient (Wildman–Crippen LogP) is 5.20. The summed E-state index contributed by atoms with van der Waals surface area (Å²) in [5.41, 5.74) is 5.12. The molecule has 0 saturated carbocycles. The Kier molecular flexibility index (Phi) is 4.52. The number of benzene rings is 1. The van der Waals surface area contributed by atoms with E-state index in [2.05, 4.69) is 34.7 Å². The van der Waals surface area contributed by atoms with Crippen molar-refractivity contribution in [2.75, 3.05) is 12.4 Å². The number of nitrogens with zero attached hydrogens (tertiary/aromatic N) is 1. The summed E-state index contributed by atoms with van der Waals surface area (Å²) in [6.07, 6.45) is 2.38. The summed E-state index contributed by atoms with van der Waals surface area (Å²) in [5.74, 6) is -1.67. The molecule has 0 fully saturated rings. The molecule has 3 heterocycles. The quantitative estimate of drug-likeness (QED) is 0.445. The highest BCUT2D eigenvalue weighted by Gasteiger charge is 2.51. The number of Topliss-reactive ketones (excluding diaryl/α,β-unsaturated/α-hetero) is 1. The predicted molar refractivity (Wildman–Crippen MR) is 122 cm³/mol. The van der Waals surface area contributed by atoms with E-state index in [0.29, 0.717) is 12.0 Å². The second kappa shape index (κ2) is 7.02. The van der Waals surface area contributed by atoms with Crippen LogP contribution in [-0.4, -0.2) is 23.8 Å². The summed E-state index contributed by atoms with van der Waals surface area (Å²) in [5, 5.41) is 6.63. The minimum Gasteiger partial charge on any atom is -0.468 e. The van der Waals surface area contributed by atoms with Gasteiger partial charge in [0.2, 0.25) is 0 Å². The van der Waals surface area contributed by atoms with Crippen molar-refractivity contribution in [1.82, 2.24) is 4.98 Å². The molecule has 1 aliphatic carbocycles. The molecule has 2 aromatic heterocycles. The Bertz CT molecular complexity index is 1270. The first-order chi connectivity index (χ1) is 14.8. The van der Waals surface area contributed by atoms with Crippen molar-refractivity contribution in [3.8, 4) is 0 Å². The lowest BCUT2D eigenvalue weighted by molar-refractivity contribution is -0.154. The Morgan fingerprint density at radius 2 is 2.06 bits per heavy atom. The Hall–Kier alpha value is -2.99. The van der Waals surface area contributed by atoms with E-state index in [9.17, 15) is 9.59 Å². The molecule has 0 bridgehead atoms. The number of ketones is 1. The number of thiophene rings is 1. The average molecular weight is 433 g/mol. The summed E-state index contributed by atoms with van der Waals surface area (Å²) in [7, 11) is 1.35. The maximum atomic E-state index is 13.9. The number of carbonyl (C=O) groups is 2. The zero-order valence-electron chi connectivity index (χ0n) is 18.0.